The van der Waals surface area contributed by atoms with Gasteiger partial charge in [0, 0.05) is 11.4 Å². The molecule has 0 saturated heterocycles. The highest BCUT2D eigenvalue weighted by Gasteiger charge is 1.97. The molecule has 0 fully saturated rings. The summed E-state index contributed by atoms with van der Waals surface area (Å²) in [6.45, 7) is 0.625. The predicted octanol–water partition coefficient (Wildman–Crippen LogP) is 2.57. The molecule has 0 aliphatic rings. The van der Waals surface area contributed by atoms with Crippen molar-refractivity contribution in [3.05, 3.63) is 10.4 Å². The van der Waals surface area contributed by atoms with Crippen LogP contribution in [0.4, 0.5) is 0 Å². The molecule has 0 spiro atoms. The fourth-order valence-corrected chi connectivity index (χ4v) is 1.24. The molecule has 0 unspecified atom stereocenters. The minimum atomic E-state index is 0.606. The van der Waals surface area contributed by atoms with Gasteiger partial charge in [-0.2, -0.15) is 4.37 Å². The fraction of sp³-hybridized carbons (Fsp3) is 0.400. The lowest BCUT2D eigenvalue weighted by molar-refractivity contribution is 0.335. The number of hydrogen-bond acceptors (Lipinski definition) is 3. The molecule has 2 nitrogen and oxygen atoms in total. The third-order valence-electron chi connectivity index (χ3n) is 0.787. The molecule has 1 aromatic heterocycles. The van der Waals surface area contributed by atoms with Crippen molar-refractivity contribution in [1.29, 1.82) is 0 Å². The lowest BCUT2D eigenvalue weighted by Crippen LogP contribution is -1.96. The fourth-order valence-electron chi connectivity index (χ4n) is 0.450. The molecular formula is C5H5BrClNOS. The molecule has 0 N–H and O–H groups in total. The SMILES string of the molecule is Clc1cc(OCCBr)ns1. The topological polar surface area (TPSA) is 22.1 Å². The molecule has 0 aliphatic carbocycles. The Hall–Kier alpha value is 0.200. The summed E-state index contributed by atoms with van der Waals surface area (Å²) in [5.74, 6) is 0.606. The van der Waals surface area contributed by atoms with Crippen LogP contribution >= 0.6 is 39.1 Å². The Kier molecular flexibility index (Phi) is 3.45. The third-order valence-corrected chi connectivity index (χ3v) is 1.99. The van der Waals surface area contributed by atoms with E-state index in [4.69, 9.17) is 16.3 Å². The van der Waals surface area contributed by atoms with E-state index in [2.05, 4.69) is 20.3 Å². The van der Waals surface area contributed by atoms with Crippen molar-refractivity contribution in [2.24, 2.45) is 0 Å². The lowest BCUT2D eigenvalue weighted by Gasteiger charge is -1.95. The van der Waals surface area contributed by atoms with Crippen LogP contribution in [0.3, 0.4) is 0 Å². The van der Waals surface area contributed by atoms with Gasteiger partial charge in [-0.15, -0.1) is 0 Å². The summed E-state index contributed by atoms with van der Waals surface area (Å²) in [4.78, 5) is 0. The second-order valence-electron chi connectivity index (χ2n) is 1.51. The van der Waals surface area contributed by atoms with E-state index < -0.39 is 0 Å². The van der Waals surface area contributed by atoms with Crippen molar-refractivity contribution in [3.63, 3.8) is 0 Å². The van der Waals surface area contributed by atoms with Crippen LogP contribution in [0.25, 0.3) is 0 Å². The van der Waals surface area contributed by atoms with Crippen LogP contribution in [-0.2, 0) is 0 Å². The highest BCUT2D eigenvalue weighted by atomic mass is 79.9. The monoisotopic (exact) mass is 241 g/mol. The van der Waals surface area contributed by atoms with Gasteiger partial charge in [0.25, 0.3) is 0 Å². The highest BCUT2D eigenvalue weighted by Crippen LogP contribution is 2.20. The van der Waals surface area contributed by atoms with E-state index in [0.717, 1.165) is 5.33 Å². The van der Waals surface area contributed by atoms with E-state index in [1.807, 2.05) is 0 Å². The number of rotatable bonds is 3. The maximum absolute atomic E-state index is 5.60. The summed E-state index contributed by atoms with van der Waals surface area (Å²) in [6, 6.07) is 1.70. The maximum Gasteiger partial charge on any atom is 0.226 e. The maximum atomic E-state index is 5.60. The number of halogens is 2. The summed E-state index contributed by atoms with van der Waals surface area (Å²) in [6.07, 6.45) is 0. The Labute approximate surface area is 76.4 Å². The minimum Gasteiger partial charge on any atom is -0.476 e. The zero-order chi connectivity index (χ0) is 7.40. The van der Waals surface area contributed by atoms with Crippen LogP contribution in [0.5, 0.6) is 5.88 Å². The first-order valence-corrected chi connectivity index (χ1v) is 4.91. The average molecular weight is 243 g/mol. The molecule has 0 saturated carbocycles. The second kappa shape index (κ2) is 4.16. The predicted molar refractivity (Wildman–Crippen MR) is 46.4 cm³/mol. The smallest absolute Gasteiger partial charge is 0.226 e. The molecule has 1 rings (SSSR count). The van der Waals surface area contributed by atoms with Crippen molar-refractivity contribution < 1.29 is 4.74 Å². The van der Waals surface area contributed by atoms with E-state index in [1.54, 1.807) is 6.07 Å². The van der Waals surface area contributed by atoms with Crippen LogP contribution in [0.2, 0.25) is 4.34 Å². The molecule has 0 atom stereocenters. The lowest BCUT2D eigenvalue weighted by atomic mass is 10.7. The van der Waals surface area contributed by atoms with Gasteiger partial charge >= 0.3 is 0 Å². The Balaban J connectivity index is 2.42. The van der Waals surface area contributed by atoms with Crippen LogP contribution < -0.4 is 4.74 Å². The number of alkyl halides is 1. The highest BCUT2D eigenvalue weighted by molar-refractivity contribution is 9.09. The minimum absolute atomic E-state index is 0.606. The summed E-state index contributed by atoms with van der Waals surface area (Å²) >= 11 is 10.1. The van der Waals surface area contributed by atoms with Crippen molar-refractivity contribution in [1.82, 2.24) is 4.37 Å². The molecule has 0 amide bonds. The molecule has 56 valence electrons. The first-order valence-electron chi connectivity index (χ1n) is 2.64. The summed E-state index contributed by atoms with van der Waals surface area (Å²) in [7, 11) is 0. The molecule has 0 aliphatic heterocycles. The Morgan fingerprint density at radius 2 is 2.60 bits per heavy atom. The van der Waals surface area contributed by atoms with Crippen molar-refractivity contribution >= 4 is 39.1 Å². The van der Waals surface area contributed by atoms with Crippen LogP contribution in [0, 0.1) is 0 Å². The molecule has 0 aromatic carbocycles. The van der Waals surface area contributed by atoms with Gasteiger partial charge in [0.2, 0.25) is 5.88 Å². The Morgan fingerprint density at radius 3 is 3.10 bits per heavy atom. The van der Waals surface area contributed by atoms with Gasteiger partial charge in [-0.25, -0.2) is 0 Å². The second-order valence-corrected chi connectivity index (χ2v) is 3.74. The van der Waals surface area contributed by atoms with Gasteiger partial charge in [-0.05, 0) is 11.5 Å². The van der Waals surface area contributed by atoms with Gasteiger partial charge in [0.15, 0.2) is 0 Å². The van der Waals surface area contributed by atoms with Gasteiger partial charge in [0.1, 0.15) is 4.34 Å². The first-order chi connectivity index (χ1) is 4.83. The number of ether oxygens (including phenoxy) is 1. The van der Waals surface area contributed by atoms with Crippen molar-refractivity contribution in [3.8, 4) is 5.88 Å². The third kappa shape index (κ3) is 2.44. The number of hydrogen-bond donors (Lipinski definition) is 0. The number of aromatic nitrogens is 1. The van der Waals surface area contributed by atoms with E-state index in [1.165, 1.54) is 11.5 Å². The summed E-state index contributed by atoms with van der Waals surface area (Å²) in [5.41, 5.74) is 0. The van der Waals surface area contributed by atoms with E-state index in [9.17, 15) is 0 Å². The van der Waals surface area contributed by atoms with Crippen LogP contribution in [-0.4, -0.2) is 16.3 Å². The van der Waals surface area contributed by atoms with E-state index in [-0.39, 0.29) is 0 Å². The normalized spacial score (nSPS) is 9.80. The van der Waals surface area contributed by atoms with Crippen molar-refractivity contribution in [2.75, 3.05) is 11.9 Å². The molecule has 5 heteroatoms. The quantitative estimate of drug-likeness (QED) is 0.760. The van der Waals surface area contributed by atoms with Gasteiger partial charge in [-0.1, -0.05) is 27.5 Å². The Morgan fingerprint density at radius 1 is 1.80 bits per heavy atom. The summed E-state index contributed by atoms with van der Waals surface area (Å²) < 4.78 is 9.72. The molecule has 0 radical (unpaired) electrons. The van der Waals surface area contributed by atoms with Gasteiger partial charge in [-0.3, -0.25) is 0 Å². The molecular weight excluding hydrogens is 237 g/mol. The molecule has 1 heterocycles. The van der Waals surface area contributed by atoms with Crippen LogP contribution in [0.1, 0.15) is 0 Å². The molecule has 1 aromatic rings. The number of nitrogens with zero attached hydrogens (tertiary/aromatic N) is 1. The largest absolute Gasteiger partial charge is 0.476 e. The molecule has 0 bridgehead atoms. The standard InChI is InChI=1S/C5H5BrClNOS/c6-1-2-9-5-3-4(7)10-8-5/h3H,1-2H2. The van der Waals surface area contributed by atoms with E-state index >= 15 is 0 Å². The molecule has 10 heavy (non-hydrogen) atoms. The van der Waals surface area contributed by atoms with Gasteiger partial charge in [0.05, 0.1) is 6.61 Å². The Bertz CT molecular complexity index is 205. The van der Waals surface area contributed by atoms with Crippen molar-refractivity contribution in [2.45, 2.75) is 0 Å². The first kappa shape index (κ1) is 8.30. The van der Waals surface area contributed by atoms with E-state index in [0.29, 0.717) is 16.8 Å². The van der Waals surface area contributed by atoms with Crippen LogP contribution in [0.15, 0.2) is 6.07 Å². The summed E-state index contributed by atoms with van der Waals surface area (Å²) in [5, 5.41) is 0.808. The van der Waals surface area contributed by atoms with Gasteiger partial charge < -0.3 is 4.74 Å². The average Bonchev–Trinajstić information content (AvgIpc) is 2.31. The zero-order valence-corrected chi connectivity index (χ0v) is 8.17. The zero-order valence-electron chi connectivity index (χ0n) is 5.01.